The second-order valence-electron chi connectivity index (χ2n) is 5.63. The van der Waals surface area contributed by atoms with Crippen molar-refractivity contribution in [3.63, 3.8) is 0 Å². The summed E-state index contributed by atoms with van der Waals surface area (Å²) in [4.78, 5) is 47.0. The topological polar surface area (TPSA) is 116 Å². The molecule has 116 valence electrons. The largest absolute Gasteiger partial charge is 0.481 e. The van der Waals surface area contributed by atoms with E-state index in [1.54, 1.807) is 0 Å². The lowest BCUT2D eigenvalue weighted by atomic mass is 9.74. The van der Waals surface area contributed by atoms with Crippen LogP contribution >= 0.6 is 0 Å². The molecule has 0 spiro atoms. The first-order chi connectivity index (χ1) is 9.93. The maximum atomic E-state index is 12.0. The van der Waals surface area contributed by atoms with Crippen LogP contribution in [0, 0.1) is 5.41 Å². The number of amides is 4. The molecule has 1 saturated carbocycles. The van der Waals surface area contributed by atoms with Gasteiger partial charge < -0.3 is 15.3 Å². The van der Waals surface area contributed by atoms with Gasteiger partial charge in [-0.3, -0.25) is 19.7 Å². The summed E-state index contributed by atoms with van der Waals surface area (Å²) in [5.74, 6) is -1.98. The summed E-state index contributed by atoms with van der Waals surface area (Å²) in [5, 5.41) is 14.1. The Balaban J connectivity index is 1.94. The van der Waals surface area contributed by atoms with Crippen molar-refractivity contribution in [2.45, 2.75) is 32.1 Å². The van der Waals surface area contributed by atoms with Crippen LogP contribution in [0.3, 0.4) is 0 Å². The van der Waals surface area contributed by atoms with Gasteiger partial charge in [-0.25, -0.2) is 4.79 Å². The van der Waals surface area contributed by atoms with E-state index in [1.807, 2.05) is 0 Å². The molecular formula is C13H19N3O5. The molecule has 2 fully saturated rings. The second kappa shape index (κ2) is 6.11. The molecule has 1 heterocycles. The molecule has 0 atom stereocenters. The smallest absolute Gasteiger partial charge is 0.318 e. The Hall–Kier alpha value is -2.12. The van der Waals surface area contributed by atoms with Gasteiger partial charge in [-0.2, -0.15) is 0 Å². The van der Waals surface area contributed by atoms with E-state index in [0.717, 1.165) is 24.2 Å². The fourth-order valence-electron chi connectivity index (χ4n) is 2.83. The SMILES string of the molecule is O=C1CN(C(=O)NCC2(C(=O)O)CCCCC2)CC(=O)N1. The van der Waals surface area contributed by atoms with Crippen LogP contribution in [-0.2, 0) is 14.4 Å². The van der Waals surface area contributed by atoms with Gasteiger partial charge in [-0.1, -0.05) is 19.3 Å². The average molecular weight is 297 g/mol. The van der Waals surface area contributed by atoms with E-state index >= 15 is 0 Å². The number of hydrogen-bond acceptors (Lipinski definition) is 4. The first-order valence-electron chi connectivity index (χ1n) is 7.02. The Kier molecular flexibility index (Phi) is 4.44. The minimum atomic E-state index is -0.935. The predicted molar refractivity (Wildman–Crippen MR) is 71.3 cm³/mol. The van der Waals surface area contributed by atoms with Crippen LogP contribution in [-0.4, -0.2) is 53.5 Å². The van der Waals surface area contributed by atoms with Gasteiger partial charge in [0.05, 0.1) is 5.41 Å². The van der Waals surface area contributed by atoms with Crippen molar-refractivity contribution in [2.75, 3.05) is 19.6 Å². The monoisotopic (exact) mass is 297 g/mol. The van der Waals surface area contributed by atoms with Crippen LogP contribution in [0.15, 0.2) is 0 Å². The zero-order valence-corrected chi connectivity index (χ0v) is 11.7. The first-order valence-corrected chi connectivity index (χ1v) is 7.02. The van der Waals surface area contributed by atoms with Gasteiger partial charge in [0.2, 0.25) is 11.8 Å². The number of imide groups is 1. The molecule has 0 bridgehead atoms. The molecule has 1 aliphatic heterocycles. The quantitative estimate of drug-likeness (QED) is 0.618. The Morgan fingerprint density at radius 3 is 2.24 bits per heavy atom. The lowest BCUT2D eigenvalue weighted by molar-refractivity contribution is -0.150. The highest BCUT2D eigenvalue weighted by atomic mass is 16.4. The van der Waals surface area contributed by atoms with Crippen molar-refractivity contribution in [1.82, 2.24) is 15.5 Å². The van der Waals surface area contributed by atoms with Crippen LogP contribution in [0.4, 0.5) is 4.79 Å². The van der Waals surface area contributed by atoms with Gasteiger partial charge in [0.25, 0.3) is 0 Å². The number of carbonyl (C=O) groups is 4. The summed E-state index contributed by atoms with van der Waals surface area (Å²) in [5.41, 5.74) is -0.935. The number of nitrogens with one attached hydrogen (secondary N) is 2. The number of carboxylic acids is 1. The van der Waals surface area contributed by atoms with E-state index < -0.39 is 29.2 Å². The minimum absolute atomic E-state index is 0.0213. The highest BCUT2D eigenvalue weighted by Crippen LogP contribution is 2.36. The highest BCUT2D eigenvalue weighted by Gasteiger charge is 2.40. The minimum Gasteiger partial charge on any atom is -0.481 e. The molecule has 3 N–H and O–H groups in total. The van der Waals surface area contributed by atoms with Gasteiger partial charge in [-0.05, 0) is 12.8 Å². The van der Waals surface area contributed by atoms with Crippen molar-refractivity contribution >= 4 is 23.8 Å². The molecule has 1 aliphatic carbocycles. The second-order valence-corrected chi connectivity index (χ2v) is 5.63. The van der Waals surface area contributed by atoms with Gasteiger partial charge in [0.1, 0.15) is 13.1 Å². The molecule has 8 nitrogen and oxygen atoms in total. The summed E-state index contributed by atoms with van der Waals surface area (Å²) >= 11 is 0. The summed E-state index contributed by atoms with van der Waals surface area (Å²) in [6.45, 7) is -0.372. The van der Waals surface area contributed by atoms with Crippen molar-refractivity contribution < 1.29 is 24.3 Å². The molecular weight excluding hydrogens is 278 g/mol. The van der Waals surface area contributed by atoms with Crippen LogP contribution in [0.5, 0.6) is 0 Å². The lowest BCUT2D eigenvalue weighted by Crippen LogP contribution is -2.57. The van der Waals surface area contributed by atoms with Crippen molar-refractivity contribution in [3.05, 3.63) is 0 Å². The summed E-state index contributed by atoms with van der Waals surface area (Å²) in [6.07, 6.45) is 3.72. The standard InChI is InChI=1S/C13H19N3O5/c17-9-6-16(7-10(18)15-9)12(21)14-8-13(11(19)20)4-2-1-3-5-13/h1-8H2,(H,14,21)(H,19,20)(H,15,17,18). The fourth-order valence-corrected chi connectivity index (χ4v) is 2.83. The number of nitrogens with zero attached hydrogens (tertiary/aromatic N) is 1. The van der Waals surface area contributed by atoms with Crippen LogP contribution in [0.25, 0.3) is 0 Å². The molecule has 0 aromatic heterocycles. The Morgan fingerprint density at radius 1 is 1.14 bits per heavy atom. The molecule has 1 saturated heterocycles. The van der Waals surface area contributed by atoms with E-state index in [2.05, 4.69) is 10.6 Å². The van der Waals surface area contributed by atoms with E-state index in [-0.39, 0.29) is 19.6 Å². The molecule has 2 rings (SSSR count). The lowest BCUT2D eigenvalue weighted by Gasteiger charge is -2.34. The van der Waals surface area contributed by atoms with E-state index in [4.69, 9.17) is 0 Å². The van der Waals surface area contributed by atoms with Gasteiger partial charge >= 0.3 is 12.0 Å². The highest BCUT2D eigenvalue weighted by molar-refractivity contribution is 6.02. The van der Waals surface area contributed by atoms with E-state index in [1.165, 1.54) is 0 Å². The molecule has 2 aliphatic rings. The molecule has 8 heteroatoms. The van der Waals surface area contributed by atoms with E-state index in [0.29, 0.717) is 12.8 Å². The van der Waals surface area contributed by atoms with Crippen LogP contribution < -0.4 is 10.6 Å². The van der Waals surface area contributed by atoms with Crippen LogP contribution in [0.1, 0.15) is 32.1 Å². The van der Waals surface area contributed by atoms with Crippen molar-refractivity contribution in [3.8, 4) is 0 Å². The molecule has 0 unspecified atom stereocenters. The predicted octanol–water partition coefficient (Wildman–Crippen LogP) is -0.311. The molecule has 0 aromatic carbocycles. The maximum absolute atomic E-state index is 12.0. The number of urea groups is 1. The van der Waals surface area contributed by atoms with Gasteiger partial charge in [0.15, 0.2) is 0 Å². The summed E-state index contributed by atoms with van der Waals surface area (Å²) < 4.78 is 0. The number of carboxylic acid groups (broad SMARTS) is 1. The van der Waals surface area contributed by atoms with Gasteiger partial charge in [-0.15, -0.1) is 0 Å². The third kappa shape index (κ3) is 3.50. The Labute approximate surface area is 121 Å². The Bertz CT molecular complexity index is 454. The van der Waals surface area contributed by atoms with Crippen molar-refractivity contribution in [2.24, 2.45) is 5.41 Å². The average Bonchev–Trinajstić information content (AvgIpc) is 2.44. The van der Waals surface area contributed by atoms with Crippen molar-refractivity contribution in [1.29, 1.82) is 0 Å². The number of aliphatic carboxylic acids is 1. The summed E-state index contributed by atoms with van der Waals surface area (Å²) in [6, 6.07) is -0.579. The first kappa shape index (κ1) is 15.3. The number of piperazine rings is 1. The third-order valence-corrected chi connectivity index (χ3v) is 4.08. The number of hydrogen-bond donors (Lipinski definition) is 3. The molecule has 21 heavy (non-hydrogen) atoms. The maximum Gasteiger partial charge on any atom is 0.318 e. The third-order valence-electron chi connectivity index (χ3n) is 4.08. The number of carbonyl (C=O) groups excluding carboxylic acids is 3. The van der Waals surface area contributed by atoms with E-state index in [9.17, 15) is 24.3 Å². The zero-order chi connectivity index (χ0) is 15.5. The molecule has 4 amide bonds. The molecule has 0 radical (unpaired) electrons. The van der Waals surface area contributed by atoms with Gasteiger partial charge in [0, 0.05) is 6.54 Å². The normalized spacial score (nSPS) is 21.6. The van der Waals surface area contributed by atoms with Crippen LogP contribution in [0.2, 0.25) is 0 Å². The Morgan fingerprint density at radius 2 is 1.71 bits per heavy atom. The summed E-state index contributed by atoms with van der Waals surface area (Å²) in [7, 11) is 0. The number of rotatable bonds is 3. The zero-order valence-electron chi connectivity index (χ0n) is 11.7. The fraction of sp³-hybridized carbons (Fsp3) is 0.692. The molecule has 0 aromatic rings.